The van der Waals surface area contributed by atoms with Gasteiger partial charge in [0.2, 0.25) is 0 Å². The lowest BCUT2D eigenvalue weighted by molar-refractivity contribution is 0.102. The molecule has 7 heteroatoms. The van der Waals surface area contributed by atoms with Gasteiger partial charge in [0, 0.05) is 24.4 Å². The fourth-order valence-electron chi connectivity index (χ4n) is 1.74. The number of anilines is 2. The molecular formula is C15H16F2N4O. The van der Waals surface area contributed by atoms with Gasteiger partial charge in [-0.25, -0.2) is 18.7 Å². The summed E-state index contributed by atoms with van der Waals surface area (Å²) in [6, 6.07) is 4.64. The van der Waals surface area contributed by atoms with E-state index in [1.54, 1.807) is 0 Å². The van der Waals surface area contributed by atoms with Crippen LogP contribution < -0.4 is 10.6 Å². The maximum absolute atomic E-state index is 13.1. The highest BCUT2D eigenvalue weighted by Gasteiger charge is 2.10. The first-order valence-electron chi connectivity index (χ1n) is 6.92. The Hall–Kier alpha value is -2.57. The monoisotopic (exact) mass is 306 g/mol. The van der Waals surface area contributed by atoms with Crippen LogP contribution in [0.25, 0.3) is 0 Å². The van der Waals surface area contributed by atoms with Gasteiger partial charge in [-0.15, -0.1) is 0 Å². The summed E-state index contributed by atoms with van der Waals surface area (Å²) < 4.78 is 26.0. The van der Waals surface area contributed by atoms with Crippen molar-refractivity contribution >= 4 is 17.4 Å². The van der Waals surface area contributed by atoms with Crippen LogP contribution in [0.2, 0.25) is 0 Å². The molecule has 0 atom stereocenters. The quantitative estimate of drug-likeness (QED) is 0.804. The van der Waals surface area contributed by atoms with Crippen molar-refractivity contribution in [3.05, 3.63) is 47.9 Å². The molecule has 2 aromatic rings. The zero-order chi connectivity index (χ0) is 15.9. The number of carbonyl (C=O) groups is 1. The van der Waals surface area contributed by atoms with E-state index in [0.717, 1.165) is 31.5 Å². The van der Waals surface area contributed by atoms with Crippen molar-refractivity contribution in [2.45, 2.75) is 19.8 Å². The summed E-state index contributed by atoms with van der Waals surface area (Å²) in [4.78, 5) is 19.9. The highest BCUT2D eigenvalue weighted by atomic mass is 19.2. The molecule has 0 unspecified atom stereocenters. The van der Waals surface area contributed by atoms with Crippen molar-refractivity contribution in [1.29, 1.82) is 0 Å². The normalized spacial score (nSPS) is 10.3. The molecule has 1 aromatic heterocycles. The molecule has 0 saturated carbocycles. The summed E-state index contributed by atoms with van der Waals surface area (Å²) in [7, 11) is 0. The Bertz CT molecular complexity index is 664. The Balaban J connectivity index is 2.05. The van der Waals surface area contributed by atoms with Gasteiger partial charge in [-0.2, -0.15) is 0 Å². The van der Waals surface area contributed by atoms with E-state index in [-0.39, 0.29) is 11.4 Å². The van der Waals surface area contributed by atoms with E-state index < -0.39 is 17.5 Å². The number of nitrogens with one attached hydrogen (secondary N) is 2. The van der Waals surface area contributed by atoms with Gasteiger partial charge in [0.25, 0.3) is 5.91 Å². The van der Waals surface area contributed by atoms with Gasteiger partial charge in [-0.05, 0) is 18.6 Å². The average Bonchev–Trinajstić information content (AvgIpc) is 2.51. The molecule has 0 aliphatic heterocycles. The van der Waals surface area contributed by atoms with Crippen LogP contribution in [0.4, 0.5) is 20.3 Å². The molecule has 2 rings (SSSR count). The number of aromatic nitrogens is 2. The number of benzene rings is 1. The number of nitrogens with zero attached hydrogens (tertiary/aromatic N) is 2. The van der Waals surface area contributed by atoms with Crippen molar-refractivity contribution < 1.29 is 13.6 Å². The van der Waals surface area contributed by atoms with Gasteiger partial charge in [-0.1, -0.05) is 13.3 Å². The van der Waals surface area contributed by atoms with Gasteiger partial charge < -0.3 is 10.6 Å². The molecule has 116 valence electrons. The van der Waals surface area contributed by atoms with E-state index >= 15 is 0 Å². The van der Waals surface area contributed by atoms with E-state index in [9.17, 15) is 13.6 Å². The van der Waals surface area contributed by atoms with Crippen molar-refractivity contribution in [1.82, 2.24) is 9.97 Å². The van der Waals surface area contributed by atoms with Crippen LogP contribution in [-0.4, -0.2) is 22.4 Å². The van der Waals surface area contributed by atoms with E-state index in [1.165, 1.54) is 18.5 Å². The fourth-order valence-corrected chi connectivity index (χ4v) is 1.74. The Morgan fingerprint density at radius 3 is 2.73 bits per heavy atom. The van der Waals surface area contributed by atoms with Gasteiger partial charge in [0.05, 0.1) is 0 Å². The highest BCUT2D eigenvalue weighted by molar-refractivity contribution is 6.03. The van der Waals surface area contributed by atoms with Crippen molar-refractivity contribution in [3.8, 4) is 0 Å². The number of halogens is 2. The van der Waals surface area contributed by atoms with Gasteiger partial charge >= 0.3 is 0 Å². The van der Waals surface area contributed by atoms with Crippen molar-refractivity contribution in [2.75, 3.05) is 17.2 Å². The van der Waals surface area contributed by atoms with Gasteiger partial charge in [-0.3, -0.25) is 4.79 Å². The molecule has 5 nitrogen and oxygen atoms in total. The van der Waals surface area contributed by atoms with E-state index in [4.69, 9.17) is 0 Å². The van der Waals surface area contributed by atoms with Crippen molar-refractivity contribution in [2.24, 2.45) is 0 Å². The lowest BCUT2D eigenvalue weighted by Gasteiger charge is -2.07. The third-order valence-corrected chi connectivity index (χ3v) is 2.91. The van der Waals surface area contributed by atoms with Crippen LogP contribution in [0.1, 0.15) is 30.3 Å². The lowest BCUT2D eigenvalue weighted by atomic mass is 10.2. The molecule has 0 aliphatic carbocycles. The van der Waals surface area contributed by atoms with E-state index in [0.29, 0.717) is 5.82 Å². The van der Waals surface area contributed by atoms with Gasteiger partial charge in [0.15, 0.2) is 11.6 Å². The summed E-state index contributed by atoms with van der Waals surface area (Å²) in [6.45, 7) is 2.82. The van der Waals surface area contributed by atoms with E-state index in [2.05, 4.69) is 27.5 Å². The maximum atomic E-state index is 13.1. The molecule has 1 aromatic carbocycles. The lowest BCUT2D eigenvalue weighted by Crippen LogP contribution is -2.15. The minimum atomic E-state index is -1.03. The first-order valence-corrected chi connectivity index (χ1v) is 6.92. The average molecular weight is 306 g/mol. The number of hydrogen-bond acceptors (Lipinski definition) is 4. The fraction of sp³-hybridized carbons (Fsp3) is 0.267. The molecule has 2 N–H and O–H groups in total. The molecular weight excluding hydrogens is 290 g/mol. The molecule has 0 aliphatic rings. The molecule has 1 heterocycles. The number of hydrogen-bond donors (Lipinski definition) is 2. The molecule has 0 bridgehead atoms. The standard InChI is InChI=1S/C15H16F2N4O/c1-2-3-6-18-14-8-13(19-9-20-14)15(22)21-10-4-5-11(16)12(17)7-10/h4-5,7-9H,2-3,6H2,1H3,(H,21,22)(H,18,19,20). The van der Waals surface area contributed by atoms with Crippen LogP contribution >= 0.6 is 0 Å². The largest absolute Gasteiger partial charge is 0.370 e. The number of rotatable bonds is 6. The first kappa shape index (κ1) is 15.8. The summed E-state index contributed by atoms with van der Waals surface area (Å²) in [6.07, 6.45) is 3.30. The predicted octanol–water partition coefficient (Wildman–Crippen LogP) is 3.22. The number of unbranched alkanes of at least 4 members (excludes halogenated alkanes) is 1. The van der Waals surface area contributed by atoms with Crippen molar-refractivity contribution in [3.63, 3.8) is 0 Å². The van der Waals surface area contributed by atoms with Gasteiger partial charge in [0.1, 0.15) is 17.8 Å². The summed E-state index contributed by atoms with van der Waals surface area (Å²) in [5.41, 5.74) is 0.293. The minimum Gasteiger partial charge on any atom is -0.370 e. The maximum Gasteiger partial charge on any atom is 0.274 e. The summed E-state index contributed by atoms with van der Waals surface area (Å²) in [5.74, 6) is -1.98. The molecule has 22 heavy (non-hydrogen) atoms. The third kappa shape index (κ3) is 4.21. The molecule has 0 saturated heterocycles. The van der Waals surface area contributed by atoms with Crippen LogP contribution in [0.5, 0.6) is 0 Å². The van der Waals surface area contributed by atoms with Crippen LogP contribution in [0.3, 0.4) is 0 Å². The summed E-state index contributed by atoms with van der Waals surface area (Å²) >= 11 is 0. The Morgan fingerprint density at radius 1 is 1.18 bits per heavy atom. The Labute approximate surface area is 126 Å². The second-order valence-electron chi connectivity index (χ2n) is 4.65. The smallest absolute Gasteiger partial charge is 0.274 e. The topological polar surface area (TPSA) is 66.9 Å². The van der Waals surface area contributed by atoms with Crippen LogP contribution in [0, 0.1) is 11.6 Å². The predicted molar refractivity (Wildman–Crippen MR) is 79.7 cm³/mol. The third-order valence-electron chi connectivity index (χ3n) is 2.91. The van der Waals surface area contributed by atoms with E-state index in [1.807, 2.05) is 0 Å². The van der Waals surface area contributed by atoms with Crippen LogP contribution in [0.15, 0.2) is 30.6 Å². The minimum absolute atomic E-state index is 0.138. The number of amides is 1. The Kier molecular flexibility index (Phi) is 5.35. The van der Waals surface area contributed by atoms with Crippen LogP contribution in [-0.2, 0) is 0 Å². The zero-order valence-electron chi connectivity index (χ0n) is 12.1. The Morgan fingerprint density at radius 2 is 2.00 bits per heavy atom. The first-order chi connectivity index (χ1) is 10.6. The SMILES string of the molecule is CCCCNc1cc(C(=O)Nc2ccc(F)c(F)c2)ncn1. The highest BCUT2D eigenvalue weighted by Crippen LogP contribution is 2.14. The second-order valence-corrected chi connectivity index (χ2v) is 4.65. The zero-order valence-corrected chi connectivity index (χ0v) is 12.1. The molecule has 0 fully saturated rings. The molecule has 0 spiro atoms. The summed E-state index contributed by atoms with van der Waals surface area (Å²) in [5, 5.41) is 5.54. The number of carbonyl (C=O) groups excluding carboxylic acids is 1. The molecule has 1 amide bonds. The molecule has 0 radical (unpaired) electrons. The second kappa shape index (κ2) is 7.44.